The van der Waals surface area contributed by atoms with Crippen molar-refractivity contribution in [3.8, 4) is 5.75 Å². The zero-order valence-corrected chi connectivity index (χ0v) is 19.8. The van der Waals surface area contributed by atoms with E-state index in [2.05, 4.69) is 5.32 Å². The number of methoxy groups -OCH3 is 1. The summed E-state index contributed by atoms with van der Waals surface area (Å²) < 4.78 is 51.7. The fourth-order valence-electron chi connectivity index (χ4n) is 3.64. The van der Waals surface area contributed by atoms with Gasteiger partial charge in [0.1, 0.15) is 5.75 Å². The topological polar surface area (TPSA) is 55.7 Å². The van der Waals surface area contributed by atoms with Crippen LogP contribution in [0.4, 0.5) is 23.7 Å². The van der Waals surface area contributed by atoms with E-state index in [1.807, 2.05) is 23.6 Å². The molecule has 0 saturated carbocycles. The Hall–Kier alpha value is -3.46. The number of amides is 2. The van der Waals surface area contributed by atoms with Gasteiger partial charge < -0.3 is 24.3 Å². The molecule has 0 bridgehead atoms. The number of anilines is 1. The molecule has 1 N–H and O–H groups in total. The van der Waals surface area contributed by atoms with Gasteiger partial charge in [-0.15, -0.1) is 0 Å². The van der Waals surface area contributed by atoms with E-state index >= 15 is 0 Å². The molecular weight excluding hydrogens is 459 g/mol. The summed E-state index contributed by atoms with van der Waals surface area (Å²) >= 11 is 0. The molecule has 0 aliphatic carbocycles. The van der Waals surface area contributed by atoms with Crippen LogP contribution in [0.3, 0.4) is 0 Å². The van der Waals surface area contributed by atoms with Gasteiger partial charge in [0, 0.05) is 44.4 Å². The van der Waals surface area contributed by atoms with E-state index in [9.17, 15) is 18.0 Å². The van der Waals surface area contributed by atoms with Crippen molar-refractivity contribution in [3.05, 3.63) is 83.7 Å². The Labute approximate surface area is 203 Å². The van der Waals surface area contributed by atoms with Crippen LogP contribution in [0.25, 0.3) is 0 Å². The number of hydrogen-bond acceptors (Lipinski definition) is 3. The van der Waals surface area contributed by atoms with Crippen LogP contribution in [-0.2, 0) is 24.0 Å². The van der Waals surface area contributed by atoms with E-state index in [0.717, 1.165) is 23.6 Å². The third-order valence-electron chi connectivity index (χ3n) is 5.36. The fourth-order valence-corrected chi connectivity index (χ4v) is 3.64. The summed E-state index contributed by atoms with van der Waals surface area (Å²) in [6.07, 6.45) is -1.96. The van der Waals surface area contributed by atoms with Gasteiger partial charge in [-0.05, 0) is 67.4 Å². The van der Waals surface area contributed by atoms with Crippen LogP contribution in [-0.4, -0.2) is 42.4 Å². The second-order valence-electron chi connectivity index (χ2n) is 7.98. The van der Waals surface area contributed by atoms with E-state index in [0.29, 0.717) is 44.0 Å². The molecule has 3 rings (SSSR count). The number of halogens is 3. The Balaban J connectivity index is 1.73. The SMILES string of the molecule is CCOc1ccc(NC(=O)N(CCCOC)Cc2cccn2Cc2cccc(C(F)(F)F)c2)cc1. The van der Waals surface area contributed by atoms with Gasteiger partial charge in [0.2, 0.25) is 0 Å². The van der Waals surface area contributed by atoms with E-state index < -0.39 is 11.7 Å². The Morgan fingerprint density at radius 1 is 1.09 bits per heavy atom. The van der Waals surface area contributed by atoms with Crippen molar-refractivity contribution in [2.24, 2.45) is 0 Å². The molecular formula is C26H30F3N3O3. The van der Waals surface area contributed by atoms with Crippen LogP contribution in [0.2, 0.25) is 0 Å². The van der Waals surface area contributed by atoms with Gasteiger partial charge in [0.15, 0.2) is 0 Å². The molecule has 9 heteroatoms. The maximum absolute atomic E-state index is 13.1. The zero-order valence-electron chi connectivity index (χ0n) is 19.8. The summed E-state index contributed by atoms with van der Waals surface area (Å²) in [6.45, 7) is 3.95. The molecule has 0 unspecified atom stereocenters. The average Bonchev–Trinajstić information content (AvgIpc) is 3.26. The molecule has 0 radical (unpaired) electrons. The summed E-state index contributed by atoms with van der Waals surface area (Å²) in [6, 6.07) is 15.8. The quantitative estimate of drug-likeness (QED) is 0.335. The highest BCUT2D eigenvalue weighted by molar-refractivity contribution is 5.89. The smallest absolute Gasteiger partial charge is 0.416 e. The Morgan fingerprint density at radius 2 is 1.86 bits per heavy atom. The lowest BCUT2D eigenvalue weighted by Gasteiger charge is -2.24. The molecule has 0 aliphatic heterocycles. The third-order valence-corrected chi connectivity index (χ3v) is 5.36. The third kappa shape index (κ3) is 7.78. The molecule has 188 valence electrons. The van der Waals surface area contributed by atoms with Gasteiger partial charge >= 0.3 is 12.2 Å². The van der Waals surface area contributed by atoms with Gasteiger partial charge in [-0.2, -0.15) is 13.2 Å². The summed E-state index contributed by atoms with van der Waals surface area (Å²) in [5.74, 6) is 0.717. The minimum atomic E-state index is -4.40. The Morgan fingerprint density at radius 3 is 2.54 bits per heavy atom. The summed E-state index contributed by atoms with van der Waals surface area (Å²) in [5, 5.41) is 2.90. The Kier molecular flexibility index (Phi) is 9.19. The zero-order chi connectivity index (χ0) is 25.3. The first kappa shape index (κ1) is 26.2. The number of urea groups is 1. The van der Waals surface area contributed by atoms with Crippen molar-refractivity contribution in [1.29, 1.82) is 0 Å². The van der Waals surface area contributed by atoms with Crippen molar-refractivity contribution >= 4 is 11.7 Å². The maximum atomic E-state index is 13.1. The fraction of sp³-hybridized carbons (Fsp3) is 0.346. The summed E-state index contributed by atoms with van der Waals surface area (Å²) in [4.78, 5) is 14.7. The first-order valence-corrected chi connectivity index (χ1v) is 11.4. The van der Waals surface area contributed by atoms with Crippen molar-refractivity contribution in [2.75, 3.05) is 32.2 Å². The lowest BCUT2D eigenvalue weighted by molar-refractivity contribution is -0.137. The highest BCUT2D eigenvalue weighted by atomic mass is 19.4. The number of ether oxygens (including phenoxy) is 2. The molecule has 0 fully saturated rings. The molecule has 2 amide bonds. The van der Waals surface area contributed by atoms with Crippen LogP contribution in [0.1, 0.15) is 30.2 Å². The van der Waals surface area contributed by atoms with Crippen LogP contribution in [0, 0.1) is 0 Å². The molecule has 3 aromatic rings. The normalized spacial score (nSPS) is 11.3. The van der Waals surface area contributed by atoms with Crippen molar-refractivity contribution in [2.45, 2.75) is 32.6 Å². The minimum absolute atomic E-state index is 0.263. The molecule has 6 nitrogen and oxygen atoms in total. The molecule has 0 aliphatic rings. The lowest BCUT2D eigenvalue weighted by Crippen LogP contribution is -2.36. The predicted octanol–water partition coefficient (Wildman–Crippen LogP) is 6.02. The molecule has 1 heterocycles. The second kappa shape index (κ2) is 12.3. The van der Waals surface area contributed by atoms with E-state index in [-0.39, 0.29) is 12.6 Å². The largest absolute Gasteiger partial charge is 0.494 e. The van der Waals surface area contributed by atoms with E-state index in [1.165, 1.54) is 6.07 Å². The molecule has 2 aromatic carbocycles. The van der Waals surface area contributed by atoms with Crippen molar-refractivity contribution < 1.29 is 27.4 Å². The van der Waals surface area contributed by atoms with Crippen LogP contribution in [0.15, 0.2) is 66.9 Å². The minimum Gasteiger partial charge on any atom is -0.494 e. The number of alkyl halides is 3. The van der Waals surface area contributed by atoms with Crippen LogP contribution >= 0.6 is 0 Å². The summed E-state index contributed by atoms with van der Waals surface area (Å²) in [5.41, 5.74) is 1.29. The Bertz CT molecular complexity index is 1080. The van der Waals surface area contributed by atoms with Gasteiger partial charge in [-0.25, -0.2) is 4.79 Å². The number of carbonyl (C=O) groups is 1. The monoisotopic (exact) mass is 489 g/mol. The number of rotatable bonds is 11. The number of nitrogens with one attached hydrogen (secondary N) is 1. The number of aromatic nitrogens is 1. The number of benzene rings is 2. The molecule has 35 heavy (non-hydrogen) atoms. The molecule has 0 atom stereocenters. The first-order valence-electron chi connectivity index (χ1n) is 11.4. The average molecular weight is 490 g/mol. The number of hydrogen-bond donors (Lipinski definition) is 1. The predicted molar refractivity (Wildman–Crippen MR) is 129 cm³/mol. The first-order chi connectivity index (χ1) is 16.8. The number of nitrogens with zero attached hydrogens (tertiary/aromatic N) is 2. The maximum Gasteiger partial charge on any atom is 0.416 e. The highest BCUT2D eigenvalue weighted by Crippen LogP contribution is 2.29. The lowest BCUT2D eigenvalue weighted by atomic mass is 10.1. The molecule has 0 spiro atoms. The van der Waals surface area contributed by atoms with Gasteiger partial charge in [0.05, 0.1) is 18.7 Å². The van der Waals surface area contributed by atoms with Crippen molar-refractivity contribution in [1.82, 2.24) is 9.47 Å². The van der Waals surface area contributed by atoms with Crippen molar-refractivity contribution in [3.63, 3.8) is 0 Å². The highest BCUT2D eigenvalue weighted by Gasteiger charge is 2.30. The molecule has 0 saturated heterocycles. The van der Waals surface area contributed by atoms with Gasteiger partial charge in [0.25, 0.3) is 0 Å². The molecule has 1 aromatic heterocycles. The van der Waals surface area contributed by atoms with Crippen LogP contribution in [0.5, 0.6) is 5.75 Å². The summed E-state index contributed by atoms with van der Waals surface area (Å²) in [7, 11) is 1.60. The van der Waals surface area contributed by atoms with Gasteiger partial charge in [-0.3, -0.25) is 0 Å². The van der Waals surface area contributed by atoms with E-state index in [4.69, 9.17) is 9.47 Å². The van der Waals surface area contributed by atoms with Gasteiger partial charge in [-0.1, -0.05) is 12.1 Å². The van der Waals surface area contributed by atoms with Crippen LogP contribution < -0.4 is 10.1 Å². The van der Waals surface area contributed by atoms with E-state index in [1.54, 1.807) is 48.5 Å². The second-order valence-corrected chi connectivity index (χ2v) is 7.98. The number of carbonyl (C=O) groups excluding carboxylic acids is 1. The standard InChI is InChI=1S/C26H30F3N3O3/c1-3-35-24-12-10-22(11-13-24)30-25(33)32(15-6-16-34-2)19-23-9-5-14-31(23)18-20-7-4-8-21(17-20)26(27,28)29/h4-5,7-14,17H,3,6,15-16,18-19H2,1-2H3,(H,30,33).